The molecular weight excluding hydrogens is 754 g/mol. The normalized spacial score (nSPS) is 15.3. The van der Waals surface area contributed by atoms with Gasteiger partial charge in [-0.15, -0.1) is 0 Å². The average molecular weight is 762 g/mol. The van der Waals surface area contributed by atoms with E-state index in [1.165, 1.54) is 0 Å². The minimum absolute atomic E-state index is 0.205. The van der Waals surface area contributed by atoms with Crippen molar-refractivity contribution in [3.63, 3.8) is 0 Å². The fourth-order valence-electron chi connectivity index (χ4n) is 3.34. The van der Waals surface area contributed by atoms with Gasteiger partial charge in [-0.05, 0) is 12.1 Å². The van der Waals surface area contributed by atoms with Crippen molar-refractivity contribution in [2.75, 3.05) is 0 Å². The Kier molecular flexibility index (Phi) is 8.71. The van der Waals surface area contributed by atoms with Crippen molar-refractivity contribution < 1.29 is 79.0 Å². The smallest absolute Gasteiger partial charge is 0.226 e. The van der Waals surface area contributed by atoms with E-state index in [-0.39, 0.29) is 12.1 Å². The van der Waals surface area contributed by atoms with Crippen molar-refractivity contribution >= 4 is 31.9 Å². The lowest BCUT2D eigenvalue weighted by molar-refractivity contribution is -0.465. The Morgan fingerprint density at radius 1 is 0.341 bits per heavy atom. The zero-order valence-electron chi connectivity index (χ0n) is 18.7. The molecule has 0 saturated carbocycles. The third-order valence-corrected chi connectivity index (χ3v) is 7.03. The summed E-state index contributed by atoms with van der Waals surface area (Å²) < 4.78 is 250. The molecule has 0 amide bonds. The summed E-state index contributed by atoms with van der Waals surface area (Å²) in [6, 6.07) is 4.76. The van der Waals surface area contributed by atoms with Crippen LogP contribution in [0.3, 0.4) is 0 Å². The van der Waals surface area contributed by atoms with Crippen LogP contribution in [0.15, 0.2) is 57.5 Å². The molecule has 0 saturated heterocycles. The van der Waals surface area contributed by atoms with Crippen molar-refractivity contribution in [2.45, 2.75) is 53.3 Å². The van der Waals surface area contributed by atoms with Gasteiger partial charge in [0, 0.05) is 20.1 Å². The summed E-state index contributed by atoms with van der Waals surface area (Å²) in [6.07, 6.45) is -7.87. The molecule has 0 aromatic heterocycles. The molecule has 0 heterocycles. The van der Waals surface area contributed by atoms with E-state index in [0.29, 0.717) is 24.3 Å². The minimum atomic E-state index is -8.83. The maximum absolute atomic E-state index is 16.4. The number of halogens is 20. The maximum atomic E-state index is 16.4. The Morgan fingerprint density at radius 2 is 0.585 bits per heavy atom. The van der Waals surface area contributed by atoms with Crippen LogP contribution in [0.5, 0.6) is 0 Å². The average Bonchev–Trinajstić information content (AvgIpc) is 2.82. The minimum Gasteiger partial charge on any atom is -0.226 e. The fraction of sp³-hybridized carbons (Fsp3) is 0.429. The van der Waals surface area contributed by atoms with E-state index in [9.17, 15) is 65.9 Å². The van der Waals surface area contributed by atoms with E-state index in [4.69, 9.17) is 0 Å². The van der Waals surface area contributed by atoms with E-state index in [2.05, 4.69) is 31.9 Å². The molecule has 2 aromatic rings. The Balaban J connectivity index is 2.93. The summed E-state index contributed by atoms with van der Waals surface area (Å²) in [7, 11) is 0. The summed E-state index contributed by atoms with van der Waals surface area (Å²) in [5.41, 5.74) is -8.96. The highest BCUT2D eigenvalue weighted by Crippen LogP contribution is 2.67. The predicted molar refractivity (Wildman–Crippen MR) is 111 cm³/mol. The standard InChI is InChI=1S/C21H8Br2F18/c22-11-7-3-1-5-9(11)13(24,10-6-2-4-8-12(10)23)14(25,26)15(27,28)16(29,30)17(31,32)18(33,34)19(35,36)20(37,38)21(39,40)41/h1-8H. The van der Waals surface area contributed by atoms with Crippen molar-refractivity contribution in [1.82, 2.24) is 0 Å². The van der Waals surface area contributed by atoms with Crippen LogP contribution in [-0.4, -0.2) is 47.6 Å². The maximum Gasteiger partial charge on any atom is 0.460 e. The first kappa shape index (κ1) is 35.3. The van der Waals surface area contributed by atoms with Gasteiger partial charge in [0.1, 0.15) is 0 Å². The summed E-state index contributed by atoms with van der Waals surface area (Å²) in [5, 5.41) is 0. The van der Waals surface area contributed by atoms with Crippen LogP contribution in [-0.2, 0) is 5.67 Å². The first-order valence-electron chi connectivity index (χ1n) is 9.93. The van der Waals surface area contributed by atoms with Gasteiger partial charge in [0.15, 0.2) is 0 Å². The second kappa shape index (κ2) is 10.1. The van der Waals surface area contributed by atoms with Gasteiger partial charge in [0.2, 0.25) is 5.67 Å². The lowest BCUT2D eigenvalue weighted by Crippen LogP contribution is -2.75. The van der Waals surface area contributed by atoms with Gasteiger partial charge >= 0.3 is 47.6 Å². The molecule has 0 N–H and O–H groups in total. The highest BCUT2D eigenvalue weighted by molar-refractivity contribution is 9.10. The molecule has 232 valence electrons. The van der Waals surface area contributed by atoms with Gasteiger partial charge in [-0.25, -0.2) is 4.39 Å². The van der Waals surface area contributed by atoms with Gasteiger partial charge in [0.25, 0.3) is 0 Å². The van der Waals surface area contributed by atoms with Crippen LogP contribution >= 0.6 is 31.9 Å². The van der Waals surface area contributed by atoms with Gasteiger partial charge in [0.05, 0.1) is 0 Å². The zero-order chi connectivity index (χ0) is 32.5. The number of hydrogen-bond acceptors (Lipinski definition) is 0. The fourth-order valence-corrected chi connectivity index (χ4v) is 4.46. The lowest BCUT2D eigenvalue weighted by Gasteiger charge is -2.45. The summed E-state index contributed by atoms with van der Waals surface area (Å²) in [4.78, 5) is 0. The summed E-state index contributed by atoms with van der Waals surface area (Å²) >= 11 is 4.85. The number of rotatable bonds is 9. The highest BCUT2D eigenvalue weighted by atomic mass is 79.9. The van der Waals surface area contributed by atoms with E-state index in [0.717, 1.165) is 12.1 Å². The summed E-state index contributed by atoms with van der Waals surface area (Å²) in [6.45, 7) is 0. The van der Waals surface area contributed by atoms with E-state index < -0.39 is 73.4 Å². The number of alkyl halides is 18. The Bertz CT molecular complexity index is 1220. The third-order valence-electron chi connectivity index (χ3n) is 5.64. The first-order valence-corrected chi connectivity index (χ1v) is 11.5. The molecule has 0 atom stereocenters. The van der Waals surface area contributed by atoms with Crippen molar-refractivity contribution in [1.29, 1.82) is 0 Å². The zero-order valence-corrected chi connectivity index (χ0v) is 21.9. The van der Waals surface area contributed by atoms with Crippen molar-refractivity contribution in [3.05, 3.63) is 68.6 Å². The molecular formula is C21H8Br2F18. The molecule has 0 aliphatic carbocycles. The molecule has 41 heavy (non-hydrogen) atoms. The van der Waals surface area contributed by atoms with Crippen LogP contribution in [0, 0.1) is 0 Å². The van der Waals surface area contributed by atoms with Crippen LogP contribution in [0.2, 0.25) is 0 Å². The second-order valence-electron chi connectivity index (χ2n) is 8.14. The van der Waals surface area contributed by atoms with E-state index in [1.807, 2.05) is 0 Å². The lowest BCUT2D eigenvalue weighted by atomic mass is 9.77. The molecule has 20 heteroatoms. The molecule has 0 spiro atoms. The molecule has 0 fully saturated rings. The number of benzene rings is 2. The Hall–Kier alpha value is -1.86. The molecule has 0 aliphatic rings. The molecule has 0 bridgehead atoms. The summed E-state index contributed by atoms with van der Waals surface area (Å²) in [5.74, 6) is -58.9. The number of hydrogen-bond donors (Lipinski definition) is 0. The van der Waals surface area contributed by atoms with Gasteiger partial charge in [-0.1, -0.05) is 68.3 Å². The van der Waals surface area contributed by atoms with Gasteiger partial charge in [-0.2, -0.15) is 74.6 Å². The van der Waals surface area contributed by atoms with Gasteiger partial charge < -0.3 is 0 Å². The molecule has 0 radical (unpaired) electrons. The van der Waals surface area contributed by atoms with E-state index in [1.54, 1.807) is 0 Å². The quantitative estimate of drug-likeness (QED) is 0.223. The highest BCUT2D eigenvalue weighted by Gasteiger charge is 2.96. The topological polar surface area (TPSA) is 0 Å². The largest absolute Gasteiger partial charge is 0.460 e. The van der Waals surface area contributed by atoms with Crippen LogP contribution in [0.4, 0.5) is 79.0 Å². The molecule has 0 nitrogen and oxygen atoms in total. The van der Waals surface area contributed by atoms with Crippen LogP contribution in [0.1, 0.15) is 11.1 Å². The van der Waals surface area contributed by atoms with Crippen molar-refractivity contribution in [3.8, 4) is 0 Å². The van der Waals surface area contributed by atoms with Crippen LogP contribution < -0.4 is 0 Å². The first-order chi connectivity index (χ1) is 18.0. The molecule has 0 unspecified atom stereocenters. The monoisotopic (exact) mass is 760 g/mol. The Labute approximate surface area is 232 Å². The second-order valence-corrected chi connectivity index (χ2v) is 9.85. The Morgan fingerprint density at radius 3 is 0.854 bits per heavy atom. The van der Waals surface area contributed by atoms with Crippen molar-refractivity contribution in [2.24, 2.45) is 0 Å². The third kappa shape index (κ3) is 4.59. The van der Waals surface area contributed by atoms with E-state index >= 15 is 13.2 Å². The molecule has 2 aromatic carbocycles. The molecule has 2 rings (SSSR count). The SMILES string of the molecule is FC(F)(F)C(F)(F)C(F)(F)C(F)(F)C(F)(F)C(F)(F)C(F)(F)C(F)(F)C(F)(c1ccccc1Br)c1ccccc1Br. The van der Waals surface area contributed by atoms with Gasteiger partial charge in [-0.3, -0.25) is 0 Å². The predicted octanol–water partition coefficient (Wildman–Crippen LogP) is 10.4. The van der Waals surface area contributed by atoms with Crippen LogP contribution in [0.25, 0.3) is 0 Å². The molecule has 0 aliphatic heterocycles.